The third kappa shape index (κ3) is 2.89. The number of ether oxygens (including phenoxy) is 1. The Hall–Kier alpha value is -1.21. The van der Waals surface area contributed by atoms with Crippen molar-refractivity contribution in [3.8, 4) is 0 Å². The summed E-state index contributed by atoms with van der Waals surface area (Å²) < 4.78 is 5.27. The minimum Gasteiger partial charge on any atom is -0.381 e. The quantitative estimate of drug-likeness (QED) is 0.631. The summed E-state index contributed by atoms with van der Waals surface area (Å²) in [6.45, 7) is 2.48. The lowest BCUT2D eigenvalue weighted by molar-refractivity contribution is -0.380. The fraction of sp³-hybridized carbons (Fsp3) is 0.667. The first kappa shape index (κ1) is 11.3. The molecule has 1 aliphatic heterocycles. The summed E-state index contributed by atoms with van der Waals surface area (Å²) in [6, 6.07) is 0. The van der Waals surface area contributed by atoms with Crippen molar-refractivity contribution in [2.45, 2.75) is 12.8 Å². The van der Waals surface area contributed by atoms with Crippen molar-refractivity contribution in [2.24, 2.45) is 5.92 Å². The van der Waals surface area contributed by atoms with E-state index in [-0.39, 0.29) is 5.00 Å². The molecule has 1 aliphatic rings. The highest BCUT2D eigenvalue weighted by Crippen LogP contribution is 2.25. The Labute approximate surface area is 96.8 Å². The van der Waals surface area contributed by atoms with Gasteiger partial charge in [-0.1, -0.05) is 0 Å². The van der Waals surface area contributed by atoms with E-state index in [9.17, 15) is 10.1 Å². The molecule has 1 N–H and O–H groups in total. The minimum absolute atomic E-state index is 0.0756. The molecular weight excluding hydrogens is 230 g/mol. The summed E-state index contributed by atoms with van der Waals surface area (Å²) >= 11 is 1.07. The lowest BCUT2D eigenvalue weighted by Gasteiger charge is -2.06. The van der Waals surface area contributed by atoms with E-state index < -0.39 is 4.92 Å². The van der Waals surface area contributed by atoms with E-state index in [0.717, 1.165) is 43.9 Å². The topological polar surface area (TPSA) is 77.3 Å². The van der Waals surface area contributed by atoms with Crippen LogP contribution < -0.4 is 5.32 Å². The van der Waals surface area contributed by atoms with Crippen LogP contribution in [0.1, 0.15) is 12.8 Å². The molecule has 88 valence electrons. The molecule has 1 atom stereocenters. The average molecular weight is 243 g/mol. The van der Waals surface area contributed by atoms with Crippen molar-refractivity contribution in [1.29, 1.82) is 0 Å². The SMILES string of the molecule is O=[N+]([O-])c1cnc(NCCC2CCOC2)s1. The van der Waals surface area contributed by atoms with Crippen LogP contribution in [0, 0.1) is 16.0 Å². The minimum atomic E-state index is -0.423. The highest BCUT2D eigenvalue weighted by Gasteiger charge is 2.15. The zero-order chi connectivity index (χ0) is 11.4. The van der Waals surface area contributed by atoms with Crippen molar-refractivity contribution >= 4 is 21.5 Å². The van der Waals surface area contributed by atoms with Gasteiger partial charge in [-0.3, -0.25) is 10.1 Å². The number of hydrogen-bond donors (Lipinski definition) is 1. The zero-order valence-corrected chi connectivity index (χ0v) is 9.53. The highest BCUT2D eigenvalue weighted by atomic mass is 32.1. The first-order valence-corrected chi connectivity index (χ1v) is 5.99. The molecule has 16 heavy (non-hydrogen) atoms. The van der Waals surface area contributed by atoms with Crippen LogP contribution in [0.5, 0.6) is 0 Å². The molecule has 0 aliphatic carbocycles. The summed E-state index contributed by atoms with van der Waals surface area (Å²) in [5.41, 5.74) is 0. The monoisotopic (exact) mass is 243 g/mol. The van der Waals surface area contributed by atoms with Gasteiger partial charge in [0.25, 0.3) is 0 Å². The Morgan fingerprint density at radius 3 is 3.25 bits per heavy atom. The summed E-state index contributed by atoms with van der Waals surface area (Å²) in [7, 11) is 0. The standard InChI is InChI=1S/C9H13N3O3S/c13-12(14)8-5-11-9(16-8)10-3-1-7-2-4-15-6-7/h5,7H,1-4,6H2,(H,10,11). The van der Waals surface area contributed by atoms with Gasteiger partial charge in [0.05, 0.1) is 4.92 Å². The molecule has 0 amide bonds. The van der Waals surface area contributed by atoms with Crippen LogP contribution in [0.3, 0.4) is 0 Å². The van der Waals surface area contributed by atoms with E-state index in [1.54, 1.807) is 0 Å². The number of aromatic nitrogens is 1. The lowest BCUT2D eigenvalue weighted by Crippen LogP contribution is -2.08. The number of thiazole rings is 1. The smallest absolute Gasteiger partial charge is 0.345 e. The molecule has 1 fully saturated rings. The molecule has 1 unspecified atom stereocenters. The molecule has 2 heterocycles. The molecule has 0 spiro atoms. The maximum absolute atomic E-state index is 10.4. The summed E-state index contributed by atoms with van der Waals surface area (Å²) in [4.78, 5) is 13.9. The Kier molecular flexibility index (Phi) is 3.68. The van der Waals surface area contributed by atoms with Crippen molar-refractivity contribution in [1.82, 2.24) is 4.98 Å². The zero-order valence-electron chi connectivity index (χ0n) is 8.72. The lowest BCUT2D eigenvalue weighted by atomic mass is 10.1. The van der Waals surface area contributed by atoms with Crippen LogP contribution in [-0.2, 0) is 4.74 Å². The van der Waals surface area contributed by atoms with Crippen molar-refractivity contribution in [2.75, 3.05) is 25.1 Å². The van der Waals surface area contributed by atoms with Crippen LogP contribution in [-0.4, -0.2) is 29.7 Å². The number of anilines is 1. The maximum atomic E-state index is 10.4. The number of rotatable bonds is 5. The van der Waals surface area contributed by atoms with E-state index in [2.05, 4.69) is 10.3 Å². The van der Waals surface area contributed by atoms with Crippen LogP contribution >= 0.6 is 11.3 Å². The molecule has 0 radical (unpaired) electrons. The number of hydrogen-bond acceptors (Lipinski definition) is 6. The third-order valence-corrected chi connectivity index (χ3v) is 3.43. The van der Waals surface area contributed by atoms with Gasteiger partial charge in [-0.2, -0.15) is 0 Å². The summed E-state index contributed by atoms with van der Waals surface area (Å²) in [6.07, 6.45) is 3.42. The number of nitro groups is 1. The molecule has 1 aromatic rings. The largest absolute Gasteiger partial charge is 0.381 e. The molecule has 7 heteroatoms. The number of nitrogens with one attached hydrogen (secondary N) is 1. The molecule has 0 saturated carbocycles. The molecule has 1 saturated heterocycles. The van der Waals surface area contributed by atoms with Crippen molar-refractivity contribution < 1.29 is 9.66 Å². The van der Waals surface area contributed by atoms with Crippen LogP contribution in [0.4, 0.5) is 10.1 Å². The number of nitrogens with zero attached hydrogens (tertiary/aromatic N) is 2. The Balaban J connectivity index is 1.74. The third-order valence-electron chi connectivity index (χ3n) is 2.53. The summed E-state index contributed by atoms with van der Waals surface area (Å²) in [5, 5.41) is 14.2. The van der Waals surface area contributed by atoms with E-state index in [1.807, 2.05) is 0 Å². The normalized spacial score (nSPS) is 19.9. The molecule has 0 aromatic carbocycles. The molecule has 6 nitrogen and oxygen atoms in total. The fourth-order valence-electron chi connectivity index (χ4n) is 1.63. The maximum Gasteiger partial charge on any atom is 0.345 e. The van der Waals surface area contributed by atoms with Gasteiger partial charge in [-0.25, -0.2) is 4.98 Å². The molecule has 2 rings (SSSR count). The highest BCUT2D eigenvalue weighted by molar-refractivity contribution is 7.18. The molecule has 0 bridgehead atoms. The molecular formula is C9H13N3O3S. The van der Waals surface area contributed by atoms with Crippen LogP contribution in [0.25, 0.3) is 0 Å². The van der Waals surface area contributed by atoms with Gasteiger partial charge < -0.3 is 10.1 Å². The van der Waals surface area contributed by atoms with Gasteiger partial charge in [0.15, 0.2) is 5.13 Å². The van der Waals surface area contributed by atoms with Crippen LogP contribution in [0.15, 0.2) is 6.20 Å². The predicted octanol–water partition coefficient (Wildman–Crippen LogP) is 1.89. The van der Waals surface area contributed by atoms with E-state index in [1.165, 1.54) is 6.20 Å². The van der Waals surface area contributed by atoms with E-state index in [4.69, 9.17) is 4.74 Å². The molecule has 1 aromatic heterocycles. The Morgan fingerprint density at radius 2 is 2.62 bits per heavy atom. The first-order valence-electron chi connectivity index (χ1n) is 5.17. The van der Waals surface area contributed by atoms with Gasteiger partial charge in [-0.05, 0) is 30.1 Å². The second-order valence-electron chi connectivity index (χ2n) is 3.71. The summed E-state index contributed by atoms with van der Waals surface area (Å²) in [5.74, 6) is 0.613. The fourth-order valence-corrected chi connectivity index (χ4v) is 2.28. The van der Waals surface area contributed by atoms with Gasteiger partial charge >= 0.3 is 5.00 Å². The Bertz CT molecular complexity index is 363. The average Bonchev–Trinajstić information content (AvgIpc) is 2.87. The van der Waals surface area contributed by atoms with Crippen molar-refractivity contribution in [3.05, 3.63) is 16.3 Å². The second-order valence-corrected chi connectivity index (χ2v) is 4.71. The first-order chi connectivity index (χ1) is 7.75. The van der Waals surface area contributed by atoms with Gasteiger partial charge in [-0.15, -0.1) is 0 Å². The Morgan fingerprint density at radius 1 is 1.75 bits per heavy atom. The predicted molar refractivity (Wildman–Crippen MR) is 60.8 cm³/mol. The van der Waals surface area contributed by atoms with E-state index >= 15 is 0 Å². The second kappa shape index (κ2) is 5.22. The van der Waals surface area contributed by atoms with Crippen LogP contribution in [0.2, 0.25) is 0 Å². The van der Waals surface area contributed by atoms with Gasteiger partial charge in [0.1, 0.15) is 6.20 Å². The van der Waals surface area contributed by atoms with Crippen molar-refractivity contribution in [3.63, 3.8) is 0 Å². The van der Waals surface area contributed by atoms with E-state index in [0.29, 0.717) is 11.0 Å². The van der Waals surface area contributed by atoms with Gasteiger partial charge in [0.2, 0.25) is 0 Å². The van der Waals surface area contributed by atoms with Gasteiger partial charge in [0, 0.05) is 19.8 Å².